The van der Waals surface area contributed by atoms with Crippen molar-refractivity contribution in [3.63, 3.8) is 0 Å². The summed E-state index contributed by atoms with van der Waals surface area (Å²) in [6.45, 7) is 4.16. The van der Waals surface area contributed by atoms with E-state index in [0.29, 0.717) is 17.8 Å². The molecule has 2 aromatic heterocycles. The second-order valence-corrected chi connectivity index (χ2v) is 8.43. The molecule has 0 unspecified atom stereocenters. The fourth-order valence-electron chi connectivity index (χ4n) is 4.55. The molecule has 0 fully saturated rings. The zero-order valence-electron chi connectivity index (χ0n) is 18.2. The number of ether oxygens (including phenoxy) is 1. The average molecular weight is 428 g/mol. The van der Waals surface area contributed by atoms with Gasteiger partial charge in [-0.1, -0.05) is 50.2 Å². The minimum atomic E-state index is -0.148. The molecule has 1 N–H and O–H groups in total. The summed E-state index contributed by atoms with van der Waals surface area (Å²) in [7, 11) is 1.64. The summed E-state index contributed by atoms with van der Waals surface area (Å²) in [5, 5.41) is 24.0. The number of carbonyl (C=O) groups excluding carboxylic acids is 1. The first kappa shape index (κ1) is 20.2. The Labute approximate surface area is 185 Å². The predicted octanol–water partition coefficient (Wildman–Crippen LogP) is 4.54. The average Bonchev–Trinajstić information content (AvgIpc) is 3.19. The Bertz CT molecular complexity index is 1340. The van der Waals surface area contributed by atoms with Crippen LogP contribution < -0.4 is 4.74 Å². The Morgan fingerprint density at radius 1 is 1.06 bits per heavy atom. The molecule has 4 aromatic rings. The largest absolute Gasteiger partial charge is 0.508 e. The quantitative estimate of drug-likeness (QED) is 0.513. The number of rotatable bonds is 4. The van der Waals surface area contributed by atoms with E-state index in [-0.39, 0.29) is 29.8 Å². The first-order valence-electron chi connectivity index (χ1n) is 10.7. The van der Waals surface area contributed by atoms with Crippen molar-refractivity contribution in [1.82, 2.24) is 19.8 Å². The lowest BCUT2D eigenvalue weighted by Crippen LogP contribution is -2.24. The number of aromatic hydroxyl groups is 1. The summed E-state index contributed by atoms with van der Waals surface area (Å²) in [5.41, 5.74) is 5.07. The molecule has 1 atom stereocenters. The van der Waals surface area contributed by atoms with Crippen LogP contribution in [0.2, 0.25) is 0 Å². The van der Waals surface area contributed by atoms with Crippen molar-refractivity contribution in [2.75, 3.05) is 7.11 Å². The van der Waals surface area contributed by atoms with Gasteiger partial charge in [0.25, 0.3) is 0 Å². The van der Waals surface area contributed by atoms with Crippen LogP contribution in [0.4, 0.5) is 0 Å². The number of fused-ring (bicyclic) bond motifs is 3. The minimum Gasteiger partial charge on any atom is -0.508 e. The zero-order valence-corrected chi connectivity index (χ0v) is 18.2. The number of aromatic nitrogens is 4. The van der Waals surface area contributed by atoms with Gasteiger partial charge in [-0.15, -0.1) is 10.2 Å². The summed E-state index contributed by atoms with van der Waals surface area (Å²) in [4.78, 5) is 13.0. The summed E-state index contributed by atoms with van der Waals surface area (Å²) in [6.07, 6.45) is 0.817. The van der Waals surface area contributed by atoms with Crippen molar-refractivity contribution >= 4 is 11.4 Å². The number of phenols is 1. The molecule has 0 aliphatic heterocycles. The van der Waals surface area contributed by atoms with Gasteiger partial charge in [-0.25, -0.2) is 4.52 Å². The maximum Gasteiger partial charge on any atom is 0.185 e. The van der Waals surface area contributed by atoms with Gasteiger partial charge in [0.2, 0.25) is 0 Å². The molecule has 7 nitrogen and oxygen atoms in total. The van der Waals surface area contributed by atoms with Crippen LogP contribution in [-0.4, -0.2) is 37.8 Å². The lowest BCUT2D eigenvalue weighted by molar-refractivity contribution is 0.0955. The molecular weight excluding hydrogens is 404 g/mol. The molecule has 0 saturated carbocycles. The Balaban J connectivity index is 1.74. The number of para-hydroxylation sites is 2. The molecule has 2 aromatic carbocycles. The van der Waals surface area contributed by atoms with E-state index in [1.807, 2.05) is 36.4 Å². The lowest BCUT2D eigenvalue weighted by Gasteiger charge is -2.23. The van der Waals surface area contributed by atoms with Crippen LogP contribution in [0.25, 0.3) is 16.8 Å². The fraction of sp³-hybridized carbons (Fsp3) is 0.280. The molecule has 0 bridgehead atoms. The fourth-order valence-corrected chi connectivity index (χ4v) is 4.55. The van der Waals surface area contributed by atoms with Crippen molar-refractivity contribution in [3.05, 3.63) is 71.2 Å². The van der Waals surface area contributed by atoms with Crippen molar-refractivity contribution in [2.45, 2.75) is 38.5 Å². The Hall–Kier alpha value is -3.74. The van der Waals surface area contributed by atoms with Crippen LogP contribution in [0.1, 0.15) is 59.5 Å². The van der Waals surface area contributed by atoms with E-state index in [1.165, 1.54) is 0 Å². The van der Waals surface area contributed by atoms with Crippen LogP contribution >= 0.6 is 0 Å². The number of benzene rings is 2. The van der Waals surface area contributed by atoms with E-state index in [1.54, 1.807) is 23.8 Å². The lowest BCUT2D eigenvalue weighted by atomic mass is 9.83. The molecule has 0 spiro atoms. The molecule has 7 heteroatoms. The second kappa shape index (κ2) is 7.75. The minimum absolute atomic E-state index is 0.0886. The standard InChI is InChI=1S/C25H24N4O3/c1-14(2)23-22(17-9-5-7-11-21(17)32-3)25-27-26-24-18(29(25)28-23)12-15(13-20(24)31)16-8-4-6-10-19(16)30/h4-11,14-15,30H,12-13H2,1-3H3/t15-/m0/s1. The van der Waals surface area contributed by atoms with Crippen molar-refractivity contribution in [1.29, 1.82) is 0 Å². The van der Waals surface area contributed by atoms with Gasteiger partial charge in [-0.3, -0.25) is 4.79 Å². The van der Waals surface area contributed by atoms with Crippen LogP contribution in [-0.2, 0) is 6.42 Å². The SMILES string of the molecule is COc1ccccc1-c1c(C(C)C)nn2c3c(nnc12)C(=O)C[C@@H](c1ccccc1O)C3. The molecule has 0 radical (unpaired) electrons. The van der Waals surface area contributed by atoms with E-state index >= 15 is 0 Å². The number of ketones is 1. The van der Waals surface area contributed by atoms with Gasteiger partial charge < -0.3 is 9.84 Å². The monoisotopic (exact) mass is 428 g/mol. The van der Waals surface area contributed by atoms with Gasteiger partial charge >= 0.3 is 0 Å². The summed E-state index contributed by atoms with van der Waals surface area (Å²) in [5.74, 6) is 0.817. The molecular formula is C25H24N4O3. The molecule has 1 aliphatic carbocycles. The highest BCUT2D eigenvalue weighted by Gasteiger charge is 2.33. The van der Waals surface area contributed by atoms with Crippen LogP contribution in [0, 0.1) is 0 Å². The van der Waals surface area contributed by atoms with Gasteiger partial charge in [-0.05, 0) is 30.0 Å². The topological polar surface area (TPSA) is 89.6 Å². The Morgan fingerprint density at radius 3 is 2.56 bits per heavy atom. The van der Waals surface area contributed by atoms with Crippen molar-refractivity contribution < 1.29 is 14.6 Å². The third-order valence-electron chi connectivity index (χ3n) is 6.10. The van der Waals surface area contributed by atoms with Crippen molar-refractivity contribution in [3.8, 4) is 22.6 Å². The van der Waals surface area contributed by atoms with Crippen LogP contribution in [0.15, 0.2) is 48.5 Å². The highest BCUT2D eigenvalue weighted by Crippen LogP contribution is 2.40. The molecule has 2 heterocycles. The summed E-state index contributed by atoms with van der Waals surface area (Å²) in [6, 6.07) is 14.9. The van der Waals surface area contributed by atoms with E-state index in [2.05, 4.69) is 24.0 Å². The van der Waals surface area contributed by atoms with Crippen LogP contribution in [0.3, 0.4) is 0 Å². The van der Waals surface area contributed by atoms with Crippen LogP contribution in [0.5, 0.6) is 11.5 Å². The number of nitrogens with zero attached hydrogens (tertiary/aromatic N) is 4. The number of methoxy groups -OCH3 is 1. The third-order valence-corrected chi connectivity index (χ3v) is 6.10. The van der Waals surface area contributed by atoms with Gasteiger partial charge in [0, 0.05) is 17.9 Å². The molecule has 0 amide bonds. The number of phenolic OH excluding ortho intramolecular Hbond substituents is 1. The number of Topliss-reactive ketones (excluding diaryl/α,β-unsaturated/α-hetero) is 1. The first-order chi connectivity index (χ1) is 15.5. The van der Waals surface area contributed by atoms with E-state index in [9.17, 15) is 9.90 Å². The van der Waals surface area contributed by atoms with E-state index in [4.69, 9.17) is 9.84 Å². The predicted molar refractivity (Wildman–Crippen MR) is 120 cm³/mol. The highest BCUT2D eigenvalue weighted by atomic mass is 16.5. The first-order valence-corrected chi connectivity index (χ1v) is 10.7. The molecule has 5 rings (SSSR count). The molecule has 1 aliphatic rings. The zero-order chi connectivity index (χ0) is 22.4. The highest BCUT2D eigenvalue weighted by molar-refractivity contribution is 5.97. The Kier molecular flexibility index (Phi) is 4.89. The smallest absolute Gasteiger partial charge is 0.185 e. The number of hydrogen-bond acceptors (Lipinski definition) is 6. The molecule has 32 heavy (non-hydrogen) atoms. The summed E-state index contributed by atoms with van der Waals surface area (Å²) >= 11 is 0. The third kappa shape index (κ3) is 3.12. The normalized spacial score (nSPS) is 15.9. The maximum atomic E-state index is 13.0. The van der Waals surface area contributed by atoms with Gasteiger partial charge in [0.1, 0.15) is 11.5 Å². The number of carbonyl (C=O) groups is 1. The molecule has 162 valence electrons. The number of hydrogen-bond donors (Lipinski definition) is 1. The summed E-state index contributed by atoms with van der Waals surface area (Å²) < 4.78 is 7.37. The second-order valence-electron chi connectivity index (χ2n) is 8.43. The maximum absolute atomic E-state index is 13.0. The van der Waals surface area contributed by atoms with E-state index < -0.39 is 0 Å². The van der Waals surface area contributed by atoms with Crippen molar-refractivity contribution in [2.24, 2.45) is 0 Å². The molecule has 0 saturated heterocycles. The Morgan fingerprint density at radius 2 is 1.81 bits per heavy atom. The van der Waals surface area contributed by atoms with E-state index in [0.717, 1.165) is 33.8 Å². The van der Waals surface area contributed by atoms with Gasteiger partial charge in [0.15, 0.2) is 17.1 Å². The van der Waals surface area contributed by atoms with Gasteiger partial charge in [-0.2, -0.15) is 5.10 Å². The van der Waals surface area contributed by atoms with Gasteiger partial charge in [0.05, 0.1) is 24.1 Å².